The third-order valence-electron chi connectivity index (χ3n) is 1.15. The molecule has 0 N–H and O–H groups in total. The molecule has 1 aromatic heterocycles. The Morgan fingerprint density at radius 3 is 2.50 bits per heavy atom. The molecule has 0 unspecified atom stereocenters. The summed E-state index contributed by atoms with van der Waals surface area (Å²) in [5.74, 6) is 0.922. The first-order valence-electron chi connectivity index (χ1n) is 3.29. The molecule has 0 bridgehead atoms. The zero-order valence-electron chi connectivity index (χ0n) is 5.84. The molecule has 0 fully saturated rings. The van der Waals surface area contributed by atoms with Crippen LogP contribution in [0.2, 0.25) is 0 Å². The number of rotatable bonds is 2. The maximum absolute atomic E-state index is 4.11. The standard InChI is InChI=1S/C7H9BrN2/c1-2-3-7-9-4-6(8)5-10-7/h4-5H,2-3H2,1H3. The van der Waals surface area contributed by atoms with E-state index in [1.807, 2.05) is 0 Å². The minimum absolute atomic E-state index is 0.922. The summed E-state index contributed by atoms with van der Waals surface area (Å²) in [4.78, 5) is 8.22. The first-order chi connectivity index (χ1) is 4.83. The maximum atomic E-state index is 4.11. The third-order valence-corrected chi connectivity index (χ3v) is 1.56. The van der Waals surface area contributed by atoms with E-state index in [-0.39, 0.29) is 0 Å². The number of hydrogen-bond acceptors (Lipinski definition) is 2. The lowest BCUT2D eigenvalue weighted by Crippen LogP contribution is -1.91. The Labute approximate surface area is 68.8 Å². The highest BCUT2D eigenvalue weighted by molar-refractivity contribution is 9.10. The summed E-state index contributed by atoms with van der Waals surface area (Å²) in [6.07, 6.45) is 5.62. The zero-order valence-corrected chi connectivity index (χ0v) is 7.43. The van der Waals surface area contributed by atoms with Gasteiger partial charge < -0.3 is 0 Å². The van der Waals surface area contributed by atoms with Crippen LogP contribution in [-0.2, 0) is 6.42 Å². The van der Waals surface area contributed by atoms with Gasteiger partial charge in [-0.2, -0.15) is 0 Å². The summed E-state index contributed by atoms with van der Waals surface area (Å²) >= 11 is 3.27. The Bertz CT molecular complexity index is 195. The van der Waals surface area contributed by atoms with Crippen molar-refractivity contribution in [1.29, 1.82) is 0 Å². The van der Waals surface area contributed by atoms with E-state index in [0.717, 1.165) is 23.1 Å². The van der Waals surface area contributed by atoms with Crippen molar-refractivity contribution in [3.8, 4) is 0 Å². The van der Waals surface area contributed by atoms with Gasteiger partial charge in [-0.3, -0.25) is 0 Å². The Kier molecular flexibility index (Phi) is 2.81. The van der Waals surface area contributed by atoms with Crippen molar-refractivity contribution in [2.45, 2.75) is 19.8 Å². The van der Waals surface area contributed by atoms with Crippen molar-refractivity contribution in [3.05, 3.63) is 22.7 Å². The van der Waals surface area contributed by atoms with Crippen LogP contribution in [0.25, 0.3) is 0 Å². The molecule has 0 saturated heterocycles. The summed E-state index contributed by atoms with van der Waals surface area (Å²) < 4.78 is 0.937. The van der Waals surface area contributed by atoms with Gasteiger partial charge in [-0.05, 0) is 22.4 Å². The fourth-order valence-corrected chi connectivity index (χ4v) is 0.896. The SMILES string of the molecule is CCCc1ncc(Br)cn1. The first-order valence-corrected chi connectivity index (χ1v) is 4.08. The quantitative estimate of drug-likeness (QED) is 0.732. The van der Waals surface area contributed by atoms with Gasteiger partial charge >= 0.3 is 0 Å². The average Bonchev–Trinajstić information content (AvgIpc) is 1.95. The van der Waals surface area contributed by atoms with Crippen molar-refractivity contribution in [1.82, 2.24) is 9.97 Å². The molecule has 0 aliphatic heterocycles. The monoisotopic (exact) mass is 200 g/mol. The Hall–Kier alpha value is -0.440. The van der Waals surface area contributed by atoms with Crippen LogP contribution in [0.3, 0.4) is 0 Å². The second-order valence-electron chi connectivity index (χ2n) is 2.07. The molecule has 1 aromatic rings. The predicted octanol–water partition coefficient (Wildman–Crippen LogP) is 2.19. The van der Waals surface area contributed by atoms with E-state index in [9.17, 15) is 0 Å². The largest absolute Gasteiger partial charge is 0.240 e. The van der Waals surface area contributed by atoms with Gasteiger partial charge in [0.25, 0.3) is 0 Å². The summed E-state index contributed by atoms with van der Waals surface area (Å²) in [6, 6.07) is 0. The van der Waals surface area contributed by atoms with E-state index >= 15 is 0 Å². The smallest absolute Gasteiger partial charge is 0.128 e. The van der Waals surface area contributed by atoms with E-state index in [2.05, 4.69) is 32.8 Å². The Morgan fingerprint density at radius 1 is 1.40 bits per heavy atom. The number of aromatic nitrogens is 2. The fraction of sp³-hybridized carbons (Fsp3) is 0.429. The highest BCUT2D eigenvalue weighted by Crippen LogP contribution is 2.04. The van der Waals surface area contributed by atoms with Crippen LogP contribution in [0.15, 0.2) is 16.9 Å². The van der Waals surface area contributed by atoms with Gasteiger partial charge in [0.15, 0.2) is 0 Å². The topological polar surface area (TPSA) is 25.8 Å². The lowest BCUT2D eigenvalue weighted by molar-refractivity contribution is 0.832. The van der Waals surface area contributed by atoms with Crippen LogP contribution in [-0.4, -0.2) is 9.97 Å². The molecule has 2 nitrogen and oxygen atoms in total. The normalized spacial score (nSPS) is 9.80. The van der Waals surface area contributed by atoms with E-state index in [1.165, 1.54) is 0 Å². The van der Waals surface area contributed by atoms with Crippen molar-refractivity contribution in [2.24, 2.45) is 0 Å². The molecule has 0 aliphatic carbocycles. The fourth-order valence-electron chi connectivity index (χ4n) is 0.692. The zero-order chi connectivity index (χ0) is 7.40. The molecule has 0 spiro atoms. The predicted molar refractivity (Wildman–Crippen MR) is 43.7 cm³/mol. The van der Waals surface area contributed by atoms with Crippen molar-refractivity contribution >= 4 is 15.9 Å². The van der Waals surface area contributed by atoms with E-state index in [4.69, 9.17) is 0 Å². The molecule has 1 heterocycles. The number of hydrogen-bond donors (Lipinski definition) is 0. The second-order valence-corrected chi connectivity index (χ2v) is 2.98. The van der Waals surface area contributed by atoms with Gasteiger partial charge in [0.1, 0.15) is 5.82 Å². The van der Waals surface area contributed by atoms with Crippen LogP contribution in [0, 0.1) is 0 Å². The van der Waals surface area contributed by atoms with Gasteiger partial charge in [0.05, 0.1) is 4.47 Å². The molecular formula is C7H9BrN2. The minimum Gasteiger partial charge on any atom is -0.240 e. The summed E-state index contributed by atoms with van der Waals surface area (Å²) in [5, 5.41) is 0. The second kappa shape index (κ2) is 3.66. The van der Waals surface area contributed by atoms with Crippen LogP contribution in [0.4, 0.5) is 0 Å². The summed E-state index contributed by atoms with van der Waals surface area (Å²) in [6.45, 7) is 2.12. The van der Waals surface area contributed by atoms with E-state index < -0.39 is 0 Å². The number of halogens is 1. The molecule has 0 saturated carbocycles. The van der Waals surface area contributed by atoms with Crippen molar-refractivity contribution in [2.75, 3.05) is 0 Å². The van der Waals surface area contributed by atoms with Crippen molar-refractivity contribution < 1.29 is 0 Å². The number of nitrogens with zero attached hydrogens (tertiary/aromatic N) is 2. The van der Waals surface area contributed by atoms with Gasteiger partial charge in [0, 0.05) is 18.8 Å². The van der Waals surface area contributed by atoms with Crippen LogP contribution in [0.5, 0.6) is 0 Å². The van der Waals surface area contributed by atoms with Crippen LogP contribution in [0.1, 0.15) is 19.2 Å². The first kappa shape index (κ1) is 7.66. The average molecular weight is 201 g/mol. The van der Waals surface area contributed by atoms with E-state index in [0.29, 0.717) is 0 Å². The molecule has 3 heteroatoms. The molecule has 54 valence electrons. The van der Waals surface area contributed by atoms with Gasteiger partial charge in [0.2, 0.25) is 0 Å². The molecule has 0 aliphatic rings. The lowest BCUT2D eigenvalue weighted by atomic mass is 10.3. The van der Waals surface area contributed by atoms with Crippen molar-refractivity contribution in [3.63, 3.8) is 0 Å². The lowest BCUT2D eigenvalue weighted by Gasteiger charge is -1.94. The summed E-state index contributed by atoms with van der Waals surface area (Å²) in [7, 11) is 0. The minimum atomic E-state index is 0.922. The Balaban J connectivity index is 2.69. The molecule has 0 aromatic carbocycles. The van der Waals surface area contributed by atoms with Crippen LogP contribution < -0.4 is 0 Å². The molecule has 0 atom stereocenters. The number of aryl methyl sites for hydroxylation is 1. The van der Waals surface area contributed by atoms with Gasteiger partial charge in [-0.1, -0.05) is 6.92 Å². The molecular weight excluding hydrogens is 192 g/mol. The molecule has 1 rings (SSSR count). The van der Waals surface area contributed by atoms with Gasteiger partial charge in [-0.25, -0.2) is 9.97 Å². The summed E-state index contributed by atoms with van der Waals surface area (Å²) in [5.41, 5.74) is 0. The molecule has 0 amide bonds. The highest BCUT2D eigenvalue weighted by atomic mass is 79.9. The Morgan fingerprint density at radius 2 is 2.00 bits per heavy atom. The maximum Gasteiger partial charge on any atom is 0.128 e. The highest BCUT2D eigenvalue weighted by Gasteiger charge is 1.92. The van der Waals surface area contributed by atoms with Gasteiger partial charge in [-0.15, -0.1) is 0 Å². The third kappa shape index (κ3) is 2.06. The molecule has 10 heavy (non-hydrogen) atoms. The van der Waals surface area contributed by atoms with Crippen LogP contribution >= 0.6 is 15.9 Å². The van der Waals surface area contributed by atoms with E-state index in [1.54, 1.807) is 12.4 Å². The molecule has 0 radical (unpaired) electrons.